The van der Waals surface area contributed by atoms with Crippen LogP contribution in [0.1, 0.15) is 90.7 Å². The largest absolute Gasteiger partial charge is 0.464 e. The molecule has 0 fully saturated rings. The molecule has 0 spiro atoms. The van der Waals surface area contributed by atoms with Gasteiger partial charge in [-0.05, 0) is 69.9 Å². The first-order valence-corrected chi connectivity index (χ1v) is 18.9. The fraction of sp³-hybridized carbons (Fsp3) is 0.750. The molecule has 0 heterocycles. The lowest BCUT2D eigenvalue weighted by atomic mass is 9.62. The molecule has 0 aliphatic rings. The van der Waals surface area contributed by atoms with Crippen molar-refractivity contribution in [2.45, 2.75) is 86.0 Å². The second kappa shape index (κ2) is 19.7. The number of ether oxygens (including phenoxy) is 4. The molecular formula is C36H63N2O10S+. The molecule has 0 aromatic heterocycles. The van der Waals surface area contributed by atoms with Crippen molar-refractivity contribution in [2.24, 2.45) is 22.0 Å². The van der Waals surface area contributed by atoms with E-state index in [2.05, 4.69) is 31.2 Å². The third-order valence-corrected chi connectivity index (χ3v) is 10.3. The van der Waals surface area contributed by atoms with Crippen molar-refractivity contribution in [1.82, 2.24) is 0 Å². The van der Waals surface area contributed by atoms with E-state index in [4.69, 9.17) is 29.2 Å². The second-order valence-electron chi connectivity index (χ2n) is 14.8. The summed E-state index contributed by atoms with van der Waals surface area (Å²) in [5, 5.41) is 0. The van der Waals surface area contributed by atoms with Gasteiger partial charge in [0, 0.05) is 20.1 Å². The molecule has 1 aromatic rings. The van der Waals surface area contributed by atoms with Gasteiger partial charge in [0.05, 0.1) is 49.2 Å². The van der Waals surface area contributed by atoms with Gasteiger partial charge in [-0.2, -0.15) is 8.42 Å². The minimum atomic E-state index is -4.06. The number of likely N-dealkylation sites (N-methyl/N-ethyl adjacent to an activating group) is 1. The van der Waals surface area contributed by atoms with Crippen molar-refractivity contribution in [3.05, 3.63) is 35.4 Å². The zero-order chi connectivity index (χ0) is 37.5. The number of nitrogens with two attached hydrogens (primary N) is 1. The normalized spacial score (nSPS) is 16.5. The summed E-state index contributed by atoms with van der Waals surface area (Å²) < 4.78 is 53.8. The Kier molecular flexibility index (Phi) is 17.9. The zero-order valence-electron chi connectivity index (χ0n) is 31.3. The molecule has 0 saturated heterocycles. The Morgan fingerprint density at radius 2 is 1.37 bits per heavy atom. The fourth-order valence-corrected chi connectivity index (χ4v) is 6.93. The van der Waals surface area contributed by atoms with Gasteiger partial charge < -0.3 is 29.2 Å². The van der Waals surface area contributed by atoms with Gasteiger partial charge in [-0.25, -0.2) is 0 Å². The van der Waals surface area contributed by atoms with Crippen LogP contribution in [0.3, 0.4) is 0 Å². The van der Waals surface area contributed by atoms with E-state index in [0.717, 1.165) is 12.0 Å². The lowest BCUT2D eigenvalue weighted by Crippen LogP contribution is -2.47. The third-order valence-electron chi connectivity index (χ3n) is 9.50. The number of carbonyl (C=O) groups is 3. The van der Waals surface area contributed by atoms with Gasteiger partial charge in [0.15, 0.2) is 0 Å². The van der Waals surface area contributed by atoms with E-state index in [-0.39, 0.29) is 63.9 Å². The van der Waals surface area contributed by atoms with Gasteiger partial charge in [0.25, 0.3) is 10.1 Å². The molecule has 13 heteroatoms. The van der Waals surface area contributed by atoms with Gasteiger partial charge in [-0.3, -0.25) is 18.9 Å². The zero-order valence-corrected chi connectivity index (χ0v) is 32.2. The van der Waals surface area contributed by atoms with Crippen molar-refractivity contribution in [2.75, 3.05) is 73.0 Å². The number of hydrogen-bond acceptors (Lipinski definition) is 10. The van der Waals surface area contributed by atoms with Crippen molar-refractivity contribution in [3.63, 3.8) is 0 Å². The Bertz CT molecular complexity index is 1300. The summed E-state index contributed by atoms with van der Waals surface area (Å²) in [5.74, 6) is -1.91. The van der Waals surface area contributed by atoms with E-state index in [0.29, 0.717) is 30.4 Å². The maximum Gasteiger partial charge on any atom is 0.312 e. The number of quaternary nitrogens is 1. The van der Waals surface area contributed by atoms with Crippen LogP contribution in [-0.4, -0.2) is 108 Å². The first-order valence-electron chi connectivity index (χ1n) is 17.3. The molecule has 4 unspecified atom stereocenters. The lowest BCUT2D eigenvalue weighted by molar-refractivity contribution is -0.890. The number of aryl methyl sites for hydroxylation is 1. The monoisotopic (exact) mass is 715 g/mol. The summed E-state index contributed by atoms with van der Waals surface area (Å²) in [6.45, 7) is 12.6. The highest BCUT2D eigenvalue weighted by Gasteiger charge is 2.51. The summed E-state index contributed by atoms with van der Waals surface area (Å²) in [7, 11) is 1.23. The standard InChI is InChI=1S/C36H62N2O10S/c1-10-29-13-15-30(16-14-29)28(3)25-35(5,32(40)48-23-22-45-9)27-36(6,33(41)46-20-17-37)26-34(4,11-2)31(39)47-21-19-38(7,8)18-12-24-49(42,43)44/h13-16,28H,10-12,17-27,37H2,1-9H3/p+1. The Hall–Kier alpha value is -2.58. The van der Waals surface area contributed by atoms with E-state index >= 15 is 0 Å². The van der Waals surface area contributed by atoms with Crippen LogP contribution < -0.4 is 5.73 Å². The first kappa shape index (κ1) is 44.4. The number of benzene rings is 1. The number of hydrogen-bond donors (Lipinski definition) is 2. The maximum atomic E-state index is 13.9. The van der Waals surface area contributed by atoms with E-state index in [1.54, 1.807) is 20.8 Å². The molecule has 3 N–H and O–H groups in total. The highest BCUT2D eigenvalue weighted by atomic mass is 32.2. The number of esters is 3. The molecule has 4 atom stereocenters. The average molecular weight is 716 g/mol. The summed E-state index contributed by atoms with van der Waals surface area (Å²) in [6, 6.07) is 8.28. The smallest absolute Gasteiger partial charge is 0.312 e. The predicted molar refractivity (Wildman–Crippen MR) is 189 cm³/mol. The average Bonchev–Trinajstić information content (AvgIpc) is 3.02. The summed E-state index contributed by atoms with van der Waals surface area (Å²) in [6.07, 6.45) is 1.99. The Morgan fingerprint density at radius 1 is 0.837 bits per heavy atom. The quantitative estimate of drug-likeness (QED) is 0.0507. The van der Waals surface area contributed by atoms with Crippen LogP contribution in [-0.2, 0) is 49.9 Å². The second-order valence-corrected chi connectivity index (χ2v) is 16.4. The van der Waals surface area contributed by atoms with Crippen molar-refractivity contribution < 1.29 is 50.8 Å². The van der Waals surface area contributed by atoms with Gasteiger partial charge in [0.1, 0.15) is 26.4 Å². The maximum absolute atomic E-state index is 13.9. The van der Waals surface area contributed by atoms with Gasteiger partial charge in [0.2, 0.25) is 0 Å². The molecule has 282 valence electrons. The summed E-state index contributed by atoms with van der Waals surface area (Å²) >= 11 is 0. The number of carbonyl (C=O) groups excluding carboxylic acids is 3. The topological polar surface area (TPSA) is 169 Å². The highest BCUT2D eigenvalue weighted by molar-refractivity contribution is 7.85. The van der Waals surface area contributed by atoms with E-state index in [9.17, 15) is 22.8 Å². The van der Waals surface area contributed by atoms with E-state index in [1.807, 2.05) is 27.9 Å². The van der Waals surface area contributed by atoms with Gasteiger partial charge in [-0.1, -0.05) is 45.0 Å². The molecular weight excluding hydrogens is 652 g/mol. The summed E-state index contributed by atoms with van der Waals surface area (Å²) in [4.78, 5) is 41.5. The molecule has 0 saturated carbocycles. The van der Waals surface area contributed by atoms with Gasteiger partial charge >= 0.3 is 17.9 Å². The highest BCUT2D eigenvalue weighted by Crippen LogP contribution is 2.48. The van der Waals surface area contributed by atoms with Crippen LogP contribution >= 0.6 is 0 Å². The minimum absolute atomic E-state index is 0.0124. The van der Waals surface area contributed by atoms with Crippen LogP contribution in [0.25, 0.3) is 0 Å². The minimum Gasteiger partial charge on any atom is -0.464 e. The molecule has 12 nitrogen and oxygen atoms in total. The van der Waals surface area contributed by atoms with Gasteiger partial charge in [-0.15, -0.1) is 0 Å². The molecule has 0 bridgehead atoms. The van der Waals surface area contributed by atoms with Crippen LogP contribution in [0.4, 0.5) is 0 Å². The van der Waals surface area contributed by atoms with E-state index < -0.39 is 44.3 Å². The molecule has 49 heavy (non-hydrogen) atoms. The molecule has 1 aromatic carbocycles. The Morgan fingerprint density at radius 3 is 1.90 bits per heavy atom. The third kappa shape index (κ3) is 15.1. The van der Waals surface area contributed by atoms with Crippen LogP contribution in [0.15, 0.2) is 24.3 Å². The molecule has 0 aliphatic heterocycles. The Labute approximate surface area is 294 Å². The van der Waals surface area contributed by atoms with Crippen molar-refractivity contribution in [3.8, 4) is 0 Å². The van der Waals surface area contributed by atoms with E-state index in [1.165, 1.54) is 12.7 Å². The van der Waals surface area contributed by atoms with Crippen molar-refractivity contribution in [1.29, 1.82) is 0 Å². The predicted octanol–water partition coefficient (Wildman–Crippen LogP) is 4.54. The number of nitrogens with zero attached hydrogens (tertiary/aromatic N) is 1. The molecule has 0 amide bonds. The SMILES string of the molecule is CCc1ccc(C(C)CC(C)(CC(C)(CC(C)(CC)C(=O)OCC[N+](C)(C)CCCS(=O)(=O)O)C(=O)OCCN)C(=O)OCCOC)cc1. The van der Waals surface area contributed by atoms with Crippen LogP contribution in [0, 0.1) is 16.2 Å². The van der Waals surface area contributed by atoms with Crippen LogP contribution in [0.2, 0.25) is 0 Å². The summed E-state index contributed by atoms with van der Waals surface area (Å²) in [5.41, 5.74) is 4.39. The van der Waals surface area contributed by atoms with Crippen molar-refractivity contribution >= 4 is 28.0 Å². The van der Waals surface area contributed by atoms with Crippen LogP contribution in [0.5, 0.6) is 0 Å². The first-order chi connectivity index (χ1) is 22.7. The fourth-order valence-electron chi connectivity index (χ4n) is 6.44. The number of rotatable bonds is 24. The Balaban J connectivity index is 3.37. The number of methoxy groups -OCH3 is 1. The molecule has 0 radical (unpaired) electrons. The molecule has 0 aliphatic carbocycles. The lowest BCUT2D eigenvalue weighted by Gasteiger charge is -2.41. The molecule has 1 rings (SSSR count).